The molecule has 5 nitrogen and oxygen atoms in total. The fourth-order valence-corrected chi connectivity index (χ4v) is 3.12. The number of carbonyl (C=O) groups excluding carboxylic acids is 1. The molecule has 120 valence electrons. The van der Waals surface area contributed by atoms with E-state index in [1.54, 1.807) is 12.0 Å². The van der Waals surface area contributed by atoms with Crippen LogP contribution in [0.2, 0.25) is 0 Å². The van der Waals surface area contributed by atoms with Crippen LogP contribution in [0.3, 0.4) is 0 Å². The van der Waals surface area contributed by atoms with Crippen molar-refractivity contribution in [1.29, 1.82) is 0 Å². The van der Waals surface area contributed by atoms with Crippen LogP contribution in [0.15, 0.2) is 22.7 Å². The van der Waals surface area contributed by atoms with Gasteiger partial charge in [0, 0.05) is 17.1 Å². The molecule has 6 heteroatoms. The molecular weight excluding hydrogens is 350 g/mol. The topological polar surface area (TPSA) is 66.8 Å². The number of carboxylic acids is 1. The Labute approximate surface area is 138 Å². The lowest BCUT2D eigenvalue weighted by molar-refractivity contribution is -0.147. The Hall–Kier alpha value is -1.56. The van der Waals surface area contributed by atoms with Crippen molar-refractivity contribution < 1.29 is 19.4 Å². The van der Waals surface area contributed by atoms with Crippen molar-refractivity contribution in [3.8, 4) is 5.75 Å². The fraction of sp³-hybridized carbons (Fsp3) is 0.500. The molecule has 1 aliphatic rings. The van der Waals surface area contributed by atoms with Crippen LogP contribution in [0.25, 0.3) is 0 Å². The van der Waals surface area contributed by atoms with Crippen molar-refractivity contribution in [2.75, 3.05) is 13.7 Å². The zero-order valence-electron chi connectivity index (χ0n) is 12.7. The average Bonchev–Trinajstić information content (AvgIpc) is 2.49. The van der Waals surface area contributed by atoms with Gasteiger partial charge in [-0.05, 0) is 43.5 Å². The lowest BCUT2D eigenvalue weighted by Gasteiger charge is -2.36. The number of amides is 1. The summed E-state index contributed by atoms with van der Waals surface area (Å²) in [6.07, 6.45) is 1.58. The molecule has 1 fully saturated rings. The number of methoxy groups -OCH3 is 1. The van der Waals surface area contributed by atoms with Gasteiger partial charge in [0.1, 0.15) is 5.75 Å². The summed E-state index contributed by atoms with van der Waals surface area (Å²) in [6, 6.07) is 5.57. The molecule has 1 aromatic carbocycles. The molecule has 0 aromatic heterocycles. The first-order chi connectivity index (χ1) is 10.4. The number of carbonyl (C=O) groups is 2. The fourth-order valence-electron chi connectivity index (χ4n) is 2.73. The number of benzene rings is 1. The molecule has 1 heterocycles. The van der Waals surface area contributed by atoms with E-state index in [9.17, 15) is 9.59 Å². The van der Waals surface area contributed by atoms with E-state index in [0.29, 0.717) is 12.2 Å². The normalized spacial score (nSPS) is 21.5. The molecule has 1 saturated heterocycles. The molecular formula is C16H20BrNO4. The van der Waals surface area contributed by atoms with Crippen molar-refractivity contribution >= 4 is 27.8 Å². The molecule has 1 aliphatic heterocycles. The number of aliphatic carboxylic acids is 1. The predicted octanol–water partition coefficient (Wildman–Crippen LogP) is 2.71. The molecule has 0 spiro atoms. The van der Waals surface area contributed by atoms with E-state index in [1.807, 2.05) is 25.1 Å². The summed E-state index contributed by atoms with van der Waals surface area (Å²) in [7, 11) is 1.58. The van der Waals surface area contributed by atoms with Crippen molar-refractivity contribution in [3.63, 3.8) is 0 Å². The second-order valence-corrected chi connectivity index (χ2v) is 6.50. The molecule has 2 unspecified atom stereocenters. The van der Waals surface area contributed by atoms with Gasteiger partial charge < -0.3 is 14.7 Å². The maximum Gasteiger partial charge on any atom is 0.308 e. The first-order valence-corrected chi connectivity index (χ1v) is 8.06. The molecule has 0 radical (unpaired) electrons. The maximum atomic E-state index is 12.6. The van der Waals surface area contributed by atoms with Gasteiger partial charge in [0.25, 0.3) is 0 Å². The summed E-state index contributed by atoms with van der Waals surface area (Å²) in [5.74, 6) is -0.644. The Morgan fingerprint density at radius 3 is 2.77 bits per heavy atom. The second kappa shape index (κ2) is 7.13. The van der Waals surface area contributed by atoms with Gasteiger partial charge in [0.2, 0.25) is 5.91 Å². The number of ether oxygens (including phenoxy) is 1. The number of likely N-dealkylation sites (tertiary alicyclic amines) is 1. The van der Waals surface area contributed by atoms with Crippen molar-refractivity contribution in [2.45, 2.75) is 32.2 Å². The van der Waals surface area contributed by atoms with Gasteiger partial charge in [-0.1, -0.05) is 15.9 Å². The Bertz CT molecular complexity index is 575. The average molecular weight is 370 g/mol. The molecule has 1 amide bonds. The number of halogens is 1. The molecule has 1 N–H and O–H groups in total. The van der Waals surface area contributed by atoms with Crippen molar-refractivity contribution in [2.24, 2.45) is 5.92 Å². The number of piperidine rings is 1. The summed E-state index contributed by atoms with van der Waals surface area (Å²) in [5, 5.41) is 9.16. The highest BCUT2D eigenvalue weighted by atomic mass is 79.9. The lowest BCUT2D eigenvalue weighted by atomic mass is 9.93. The number of hydrogen-bond donors (Lipinski definition) is 1. The molecule has 1 aromatic rings. The van der Waals surface area contributed by atoms with Gasteiger partial charge in [-0.25, -0.2) is 0 Å². The van der Waals surface area contributed by atoms with E-state index in [-0.39, 0.29) is 24.9 Å². The van der Waals surface area contributed by atoms with E-state index in [2.05, 4.69) is 15.9 Å². The van der Waals surface area contributed by atoms with Gasteiger partial charge in [-0.3, -0.25) is 9.59 Å². The number of rotatable bonds is 4. The summed E-state index contributed by atoms with van der Waals surface area (Å²) in [6.45, 7) is 2.26. The van der Waals surface area contributed by atoms with Crippen LogP contribution in [0.4, 0.5) is 0 Å². The number of nitrogens with zero attached hydrogens (tertiary/aromatic N) is 1. The zero-order valence-corrected chi connectivity index (χ0v) is 14.3. The summed E-state index contributed by atoms with van der Waals surface area (Å²) >= 11 is 3.44. The van der Waals surface area contributed by atoms with Gasteiger partial charge in [0.15, 0.2) is 0 Å². The molecule has 0 aliphatic carbocycles. The zero-order chi connectivity index (χ0) is 16.3. The van der Waals surface area contributed by atoms with Crippen LogP contribution in [0.1, 0.15) is 25.3 Å². The van der Waals surface area contributed by atoms with Gasteiger partial charge in [-0.15, -0.1) is 0 Å². The molecule has 0 saturated carbocycles. The predicted molar refractivity (Wildman–Crippen MR) is 85.9 cm³/mol. The van der Waals surface area contributed by atoms with Crippen LogP contribution in [-0.4, -0.2) is 41.6 Å². The Kier molecular flexibility index (Phi) is 5.45. The lowest BCUT2D eigenvalue weighted by Crippen LogP contribution is -2.47. The third-order valence-corrected chi connectivity index (χ3v) is 4.92. The highest BCUT2D eigenvalue weighted by Crippen LogP contribution is 2.26. The minimum absolute atomic E-state index is 0.0487. The monoisotopic (exact) mass is 369 g/mol. The first-order valence-electron chi connectivity index (χ1n) is 7.27. The van der Waals surface area contributed by atoms with E-state index >= 15 is 0 Å². The summed E-state index contributed by atoms with van der Waals surface area (Å²) in [5.41, 5.74) is 0.842. The van der Waals surface area contributed by atoms with Gasteiger partial charge >= 0.3 is 5.97 Å². The van der Waals surface area contributed by atoms with E-state index in [4.69, 9.17) is 9.84 Å². The highest BCUT2D eigenvalue weighted by Gasteiger charge is 2.32. The molecule has 2 atom stereocenters. The van der Waals surface area contributed by atoms with Gasteiger partial charge in [0.05, 0.1) is 19.4 Å². The van der Waals surface area contributed by atoms with Crippen LogP contribution < -0.4 is 4.74 Å². The highest BCUT2D eigenvalue weighted by molar-refractivity contribution is 9.10. The minimum Gasteiger partial charge on any atom is -0.497 e. The smallest absolute Gasteiger partial charge is 0.308 e. The third kappa shape index (κ3) is 3.80. The van der Waals surface area contributed by atoms with Gasteiger partial charge in [-0.2, -0.15) is 0 Å². The first kappa shape index (κ1) is 16.8. The van der Waals surface area contributed by atoms with Crippen molar-refractivity contribution in [1.82, 2.24) is 4.90 Å². The molecule has 22 heavy (non-hydrogen) atoms. The number of carboxylic acid groups (broad SMARTS) is 1. The third-order valence-electron chi connectivity index (χ3n) is 4.15. The van der Waals surface area contributed by atoms with E-state index in [1.165, 1.54) is 0 Å². The van der Waals surface area contributed by atoms with Crippen LogP contribution in [0, 0.1) is 5.92 Å². The van der Waals surface area contributed by atoms with Crippen LogP contribution >= 0.6 is 15.9 Å². The summed E-state index contributed by atoms with van der Waals surface area (Å²) < 4.78 is 6.03. The summed E-state index contributed by atoms with van der Waals surface area (Å²) in [4.78, 5) is 25.4. The SMILES string of the molecule is COc1ccc(Br)c(CC(=O)N2CC(C(=O)O)CCC2C)c1. The molecule has 2 rings (SSSR count). The standard InChI is InChI=1S/C16H20BrNO4/c1-10-3-4-11(16(20)21)9-18(10)15(19)8-12-7-13(22-2)5-6-14(12)17/h5-7,10-11H,3-4,8-9H2,1-2H3,(H,20,21). The quantitative estimate of drug-likeness (QED) is 0.885. The largest absolute Gasteiger partial charge is 0.497 e. The maximum absolute atomic E-state index is 12.6. The molecule has 0 bridgehead atoms. The van der Waals surface area contributed by atoms with E-state index in [0.717, 1.165) is 16.5 Å². The Morgan fingerprint density at radius 1 is 1.41 bits per heavy atom. The van der Waals surface area contributed by atoms with Crippen LogP contribution in [0.5, 0.6) is 5.75 Å². The Balaban J connectivity index is 2.12. The Morgan fingerprint density at radius 2 is 2.14 bits per heavy atom. The second-order valence-electron chi connectivity index (χ2n) is 5.64. The minimum atomic E-state index is -0.827. The van der Waals surface area contributed by atoms with Crippen LogP contribution in [-0.2, 0) is 16.0 Å². The van der Waals surface area contributed by atoms with E-state index < -0.39 is 11.9 Å². The van der Waals surface area contributed by atoms with Crippen molar-refractivity contribution in [3.05, 3.63) is 28.2 Å². The number of hydrogen-bond acceptors (Lipinski definition) is 3.